The molecule has 192 valence electrons. The van der Waals surface area contributed by atoms with Gasteiger partial charge in [0.1, 0.15) is 5.78 Å². The summed E-state index contributed by atoms with van der Waals surface area (Å²) in [6.07, 6.45) is 20.2. The number of thioether (sulfide) groups is 1. The zero-order valence-corrected chi connectivity index (χ0v) is 22.9. The summed E-state index contributed by atoms with van der Waals surface area (Å²) in [6, 6.07) is 0. The van der Waals surface area contributed by atoms with Gasteiger partial charge in [-0.2, -0.15) is 0 Å². The molecule has 4 heteroatoms. The largest absolute Gasteiger partial charge is 0.481 e. The van der Waals surface area contributed by atoms with Crippen LogP contribution in [0.2, 0.25) is 0 Å². The summed E-state index contributed by atoms with van der Waals surface area (Å²) in [5.41, 5.74) is 0.0214. The first kappa shape index (κ1) is 30.3. The van der Waals surface area contributed by atoms with Crippen LogP contribution in [0, 0.1) is 23.2 Å². The van der Waals surface area contributed by atoms with Gasteiger partial charge in [-0.3, -0.25) is 4.79 Å². The van der Waals surface area contributed by atoms with Gasteiger partial charge in [0.2, 0.25) is 0 Å². The Kier molecular flexibility index (Phi) is 16.2. The number of carbonyl (C=O) groups is 2. The second-order valence-corrected chi connectivity index (χ2v) is 12.1. The Bertz CT molecular complexity index is 571. The van der Waals surface area contributed by atoms with Crippen molar-refractivity contribution in [2.75, 3.05) is 5.75 Å². The molecule has 0 spiro atoms. The number of carboxylic acids is 1. The zero-order valence-electron chi connectivity index (χ0n) is 22.1. The Morgan fingerprint density at radius 1 is 1.00 bits per heavy atom. The van der Waals surface area contributed by atoms with Crippen LogP contribution < -0.4 is 0 Å². The smallest absolute Gasteiger partial charge is 0.303 e. The number of hydrogen-bond acceptors (Lipinski definition) is 3. The van der Waals surface area contributed by atoms with Gasteiger partial charge in [-0.05, 0) is 86.2 Å². The number of hydrogen-bond donors (Lipinski definition) is 1. The summed E-state index contributed by atoms with van der Waals surface area (Å²) in [5.74, 6) is 2.67. The molecule has 33 heavy (non-hydrogen) atoms. The molecule has 1 rings (SSSR count). The summed E-state index contributed by atoms with van der Waals surface area (Å²) in [7, 11) is 0. The molecule has 3 atom stereocenters. The SMILES string of the molecule is CC(=O)CCCCCS/C=C\CCCCCCCC[C@]1(CC(=O)O)C[C@H](C)CC[C@H]1C(C)C. The number of carboxylic acid groups (broad SMARTS) is 1. The second-order valence-electron chi connectivity index (χ2n) is 11.1. The second kappa shape index (κ2) is 17.6. The van der Waals surface area contributed by atoms with Gasteiger partial charge in [0.15, 0.2) is 0 Å². The van der Waals surface area contributed by atoms with Crippen LogP contribution in [0.5, 0.6) is 0 Å². The molecule has 0 aromatic rings. The molecule has 1 aliphatic rings. The highest BCUT2D eigenvalue weighted by molar-refractivity contribution is 8.02. The Hall–Kier alpha value is -0.770. The van der Waals surface area contributed by atoms with Gasteiger partial charge in [0, 0.05) is 6.42 Å². The van der Waals surface area contributed by atoms with E-state index in [1.165, 1.54) is 64.2 Å². The van der Waals surface area contributed by atoms with Crippen LogP contribution in [0.15, 0.2) is 11.5 Å². The topological polar surface area (TPSA) is 54.4 Å². The van der Waals surface area contributed by atoms with Gasteiger partial charge < -0.3 is 9.90 Å². The van der Waals surface area contributed by atoms with Gasteiger partial charge in [-0.1, -0.05) is 71.8 Å². The molecule has 0 aromatic heterocycles. The maximum absolute atomic E-state index is 11.7. The van der Waals surface area contributed by atoms with Crippen molar-refractivity contribution in [3.8, 4) is 0 Å². The van der Waals surface area contributed by atoms with Crippen LogP contribution in [-0.2, 0) is 9.59 Å². The minimum atomic E-state index is -0.603. The van der Waals surface area contributed by atoms with E-state index in [4.69, 9.17) is 0 Å². The minimum Gasteiger partial charge on any atom is -0.481 e. The fourth-order valence-corrected chi connectivity index (χ4v) is 6.80. The third-order valence-electron chi connectivity index (χ3n) is 7.60. The lowest BCUT2D eigenvalue weighted by molar-refractivity contribution is -0.143. The van der Waals surface area contributed by atoms with E-state index in [9.17, 15) is 14.7 Å². The van der Waals surface area contributed by atoms with Gasteiger partial charge in [0.05, 0.1) is 6.42 Å². The average Bonchev–Trinajstić information content (AvgIpc) is 2.72. The summed E-state index contributed by atoms with van der Waals surface area (Å²) in [6.45, 7) is 8.58. The number of aliphatic carboxylic acids is 1. The van der Waals surface area contributed by atoms with Crippen molar-refractivity contribution in [2.45, 2.75) is 130 Å². The van der Waals surface area contributed by atoms with Gasteiger partial charge in [-0.25, -0.2) is 0 Å². The van der Waals surface area contributed by atoms with Crippen LogP contribution >= 0.6 is 11.8 Å². The minimum absolute atomic E-state index is 0.0214. The fraction of sp³-hybridized carbons (Fsp3) is 0.862. The molecule has 0 aliphatic heterocycles. The molecule has 0 unspecified atom stereocenters. The summed E-state index contributed by atoms with van der Waals surface area (Å²) < 4.78 is 0. The molecular weight excluding hydrogens is 428 g/mol. The summed E-state index contributed by atoms with van der Waals surface area (Å²) >= 11 is 1.90. The Balaban J connectivity index is 2.14. The molecule has 1 N–H and O–H groups in total. The van der Waals surface area contributed by atoms with Crippen molar-refractivity contribution >= 4 is 23.5 Å². The predicted octanol–water partition coefficient (Wildman–Crippen LogP) is 9.06. The van der Waals surface area contributed by atoms with E-state index >= 15 is 0 Å². The Morgan fingerprint density at radius 3 is 2.33 bits per heavy atom. The first-order valence-electron chi connectivity index (χ1n) is 13.7. The van der Waals surface area contributed by atoms with E-state index < -0.39 is 5.97 Å². The maximum atomic E-state index is 11.7. The quantitative estimate of drug-likeness (QED) is 0.187. The van der Waals surface area contributed by atoms with Crippen molar-refractivity contribution in [1.29, 1.82) is 0 Å². The van der Waals surface area contributed by atoms with Crippen LogP contribution in [0.25, 0.3) is 0 Å². The standard InChI is InChI=1S/C29H52O3S/c1-24(2)27-18-17-25(3)22-29(27,23-28(31)32)19-13-9-7-5-6-8-10-14-20-33-21-15-11-12-16-26(4)30/h14,20,24-25,27H,5-13,15-19,21-23H2,1-4H3,(H,31,32)/b20-14-/t25-,27+,29-/m1/s1. The third-order valence-corrected chi connectivity index (χ3v) is 8.51. The van der Waals surface area contributed by atoms with E-state index in [1.807, 2.05) is 11.8 Å². The van der Waals surface area contributed by atoms with Crippen molar-refractivity contribution in [1.82, 2.24) is 0 Å². The third kappa shape index (κ3) is 13.6. The number of rotatable bonds is 19. The van der Waals surface area contributed by atoms with E-state index in [-0.39, 0.29) is 5.41 Å². The Morgan fingerprint density at radius 2 is 1.67 bits per heavy atom. The molecule has 1 aliphatic carbocycles. The predicted molar refractivity (Wildman–Crippen MR) is 144 cm³/mol. The summed E-state index contributed by atoms with van der Waals surface area (Å²) in [5, 5.41) is 11.9. The molecule has 1 fully saturated rings. The molecule has 3 nitrogen and oxygen atoms in total. The number of carbonyl (C=O) groups excluding carboxylic acids is 1. The van der Waals surface area contributed by atoms with Gasteiger partial charge in [-0.15, -0.1) is 11.8 Å². The van der Waals surface area contributed by atoms with Crippen LogP contribution in [0.3, 0.4) is 0 Å². The Labute approximate surface area is 209 Å². The molecule has 0 bridgehead atoms. The van der Waals surface area contributed by atoms with Crippen LogP contribution in [0.4, 0.5) is 0 Å². The molecule has 0 saturated heterocycles. The lowest BCUT2D eigenvalue weighted by atomic mass is 9.56. The average molecular weight is 481 g/mol. The van der Waals surface area contributed by atoms with Gasteiger partial charge in [0.25, 0.3) is 0 Å². The molecule has 0 amide bonds. The van der Waals surface area contributed by atoms with Crippen molar-refractivity contribution in [2.24, 2.45) is 23.2 Å². The van der Waals surface area contributed by atoms with E-state index in [2.05, 4.69) is 32.3 Å². The molecule has 0 heterocycles. The number of ketones is 1. The lowest BCUT2D eigenvalue weighted by Crippen LogP contribution is -2.41. The highest BCUT2D eigenvalue weighted by atomic mass is 32.2. The van der Waals surface area contributed by atoms with Crippen LogP contribution in [-0.4, -0.2) is 22.6 Å². The zero-order chi connectivity index (χ0) is 24.5. The highest BCUT2D eigenvalue weighted by Gasteiger charge is 2.44. The number of unbranched alkanes of at least 4 members (excludes halogenated alkanes) is 8. The van der Waals surface area contributed by atoms with E-state index in [1.54, 1.807) is 6.92 Å². The molecule has 0 radical (unpaired) electrons. The highest BCUT2D eigenvalue weighted by Crippen LogP contribution is 2.52. The molecule has 0 aromatic carbocycles. The number of allylic oxidation sites excluding steroid dienone is 1. The van der Waals surface area contributed by atoms with Gasteiger partial charge >= 0.3 is 5.97 Å². The van der Waals surface area contributed by atoms with Crippen molar-refractivity contribution in [3.05, 3.63) is 11.5 Å². The number of Topliss-reactive ketones (excluding diaryl/α,β-unsaturated/α-hetero) is 1. The lowest BCUT2D eigenvalue weighted by Gasteiger charge is -2.48. The normalized spacial score (nSPS) is 23.4. The fourth-order valence-electron chi connectivity index (χ4n) is 6.03. The van der Waals surface area contributed by atoms with Crippen molar-refractivity contribution in [3.63, 3.8) is 0 Å². The molecule has 1 saturated carbocycles. The summed E-state index contributed by atoms with van der Waals surface area (Å²) in [4.78, 5) is 22.6. The maximum Gasteiger partial charge on any atom is 0.303 e. The van der Waals surface area contributed by atoms with E-state index in [0.717, 1.165) is 37.9 Å². The van der Waals surface area contributed by atoms with Crippen LogP contribution in [0.1, 0.15) is 130 Å². The first-order valence-corrected chi connectivity index (χ1v) is 14.8. The van der Waals surface area contributed by atoms with E-state index in [0.29, 0.717) is 30.0 Å². The van der Waals surface area contributed by atoms with Crippen molar-refractivity contribution < 1.29 is 14.7 Å². The first-order chi connectivity index (χ1) is 15.8. The molecular formula is C29H52O3S. The monoisotopic (exact) mass is 480 g/mol.